The topological polar surface area (TPSA) is 0 Å². The molecule has 1 fully saturated rings. The molecule has 0 bridgehead atoms. The van der Waals surface area contributed by atoms with E-state index in [0.717, 1.165) is 10.6 Å². The van der Waals surface area contributed by atoms with Crippen molar-refractivity contribution in [1.29, 1.82) is 0 Å². The summed E-state index contributed by atoms with van der Waals surface area (Å²) in [4.78, 5) is 0. The lowest BCUT2D eigenvalue weighted by Crippen LogP contribution is -1.98. The summed E-state index contributed by atoms with van der Waals surface area (Å²) in [5.74, 6) is 1.20. The summed E-state index contributed by atoms with van der Waals surface area (Å²) in [5.41, 5.74) is 0. The Bertz CT molecular complexity index is 70.1. The van der Waals surface area contributed by atoms with Crippen LogP contribution >= 0.6 is 24.0 Å². The van der Waals surface area contributed by atoms with Crippen LogP contribution in [-0.4, -0.2) is 9.95 Å². The van der Waals surface area contributed by atoms with Crippen LogP contribution in [0.25, 0.3) is 0 Å². The van der Waals surface area contributed by atoms with Gasteiger partial charge in [-0.2, -0.15) is 0 Å². The number of hydrogen-bond donors (Lipinski definition) is 0. The first-order valence-electron chi connectivity index (χ1n) is 2.30. The molecule has 38 valence electrons. The highest BCUT2D eigenvalue weighted by Gasteiger charge is 2.03. The molecule has 1 aliphatic heterocycles. The molecule has 2 radical (unpaired) electrons. The minimum Gasteiger partial charge on any atom is -0.118 e. The van der Waals surface area contributed by atoms with Crippen molar-refractivity contribution in [2.45, 2.75) is 12.8 Å². The van der Waals surface area contributed by atoms with Crippen LogP contribution in [0.15, 0.2) is 0 Å². The molecule has 7 heavy (non-hydrogen) atoms. The van der Waals surface area contributed by atoms with Gasteiger partial charge in [0.2, 0.25) is 0 Å². The van der Waals surface area contributed by atoms with Gasteiger partial charge in [0.05, 0.1) is 4.20 Å². The predicted molar refractivity (Wildman–Crippen MR) is 37.5 cm³/mol. The van der Waals surface area contributed by atoms with E-state index in [1.807, 2.05) is 0 Å². The Morgan fingerprint density at radius 3 is 2.86 bits per heavy atom. The van der Waals surface area contributed by atoms with Gasteiger partial charge in [0.25, 0.3) is 0 Å². The maximum Gasteiger partial charge on any atom is 0.0560 e. The van der Waals surface area contributed by atoms with Crippen LogP contribution in [0.2, 0.25) is 0 Å². The molecule has 0 aliphatic carbocycles. The van der Waals surface area contributed by atoms with Gasteiger partial charge in [-0.1, -0.05) is 12.2 Å². The maximum atomic E-state index is 4.86. The van der Waals surface area contributed by atoms with Crippen LogP contribution in [0.4, 0.5) is 0 Å². The van der Waals surface area contributed by atoms with Crippen LogP contribution in [-0.2, 0) is 0 Å². The minimum absolute atomic E-state index is 0.964. The average Bonchev–Trinajstić information content (AvgIpc) is 1.69. The lowest BCUT2D eigenvalue weighted by Gasteiger charge is -2.06. The van der Waals surface area contributed by atoms with Crippen LogP contribution < -0.4 is 0 Å². The summed E-state index contributed by atoms with van der Waals surface area (Å²) in [7, 11) is 0. The van der Waals surface area contributed by atoms with Crippen molar-refractivity contribution in [3.8, 4) is 0 Å². The fourth-order valence-electron chi connectivity index (χ4n) is 0.479. The highest BCUT2D eigenvalue weighted by molar-refractivity contribution is 8.23. The van der Waals surface area contributed by atoms with Gasteiger partial charge in [0.1, 0.15) is 0 Å². The van der Waals surface area contributed by atoms with Gasteiger partial charge in [-0.25, -0.2) is 0 Å². The van der Waals surface area contributed by atoms with E-state index in [1.165, 1.54) is 12.2 Å². The second kappa shape index (κ2) is 2.68. The van der Waals surface area contributed by atoms with Gasteiger partial charge in [0.15, 0.2) is 0 Å². The van der Waals surface area contributed by atoms with Crippen molar-refractivity contribution < 1.29 is 0 Å². The molecule has 0 atom stereocenters. The molecule has 1 aliphatic rings. The molecule has 0 nitrogen and oxygen atoms in total. The summed E-state index contributed by atoms with van der Waals surface area (Å²) in [5, 5.41) is 0. The molecule has 1 heterocycles. The number of thiocarbonyl (C=S) groups is 1. The Morgan fingerprint density at radius 1 is 1.71 bits per heavy atom. The summed E-state index contributed by atoms with van der Waals surface area (Å²) in [6, 6.07) is 0. The van der Waals surface area contributed by atoms with Crippen molar-refractivity contribution in [3.05, 3.63) is 6.42 Å². The zero-order valence-corrected chi connectivity index (χ0v) is 5.57. The summed E-state index contributed by atoms with van der Waals surface area (Å²) < 4.78 is 0.964. The third kappa shape index (κ3) is 1.78. The predicted octanol–water partition coefficient (Wildman–Crippen LogP) is 1.92. The van der Waals surface area contributed by atoms with Crippen molar-refractivity contribution in [2.75, 3.05) is 5.75 Å². The Balaban J connectivity index is 2.25. The van der Waals surface area contributed by atoms with E-state index >= 15 is 0 Å². The first-order chi connectivity index (χ1) is 3.39. The van der Waals surface area contributed by atoms with E-state index in [0.29, 0.717) is 0 Å². The van der Waals surface area contributed by atoms with E-state index < -0.39 is 0 Å². The minimum atomic E-state index is 0.964. The fraction of sp³-hybridized carbons (Fsp3) is 0.600. The van der Waals surface area contributed by atoms with Crippen LogP contribution in [0, 0.1) is 6.42 Å². The molecule has 0 saturated carbocycles. The second-order valence-corrected chi connectivity index (χ2v) is 3.19. The Hall–Kier alpha value is 0.440. The molecule has 0 aromatic rings. The zero-order valence-electron chi connectivity index (χ0n) is 3.94. The Kier molecular flexibility index (Phi) is 2.13. The molecule has 0 spiro atoms. The van der Waals surface area contributed by atoms with E-state index in [4.69, 9.17) is 12.2 Å². The van der Waals surface area contributed by atoms with E-state index in [9.17, 15) is 0 Å². The van der Waals surface area contributed by atoms with E-state index in [2.05, 4.69) is 6.42 Å². The lowest BCUT2D eigenvalue weighted by atomic mass is 10.3. The van der Waals surface area contributed by atoms with Crippen molar-refractivity contribution >= 4 is 28.2 Å². The molecule has 1 saturated heterocycles. The molecule has 2 heteroatoms. The third-order valence-electron chi connectivity index (χ3n) is 0.824. The summed E-state index contributed by atoms with van der Waals surface area (Å²) >= 11 is 6.60. The average molecular weight is 130 g/mol. The van der Waals surface area contributed by atoms with Crippen LogP contribution in [0.3, 0.4) is 0 Å². The SMILES string of the molecule is S=C1[C]CCCS1. The van der Waals surface area contributed by atoms with Crippen molar-refractivity contribution in [2.24, 2.45) is 0 Å². The second-order valence-electron chi connectivity index (χ2n) is 1.42. The number of rotatable bonds is 0. The Labute approximate surface area is 53.7 Å². The maximum absolute atomic E-state index is 4.86. The van der Waals surface area contributed by atoms with Crippen molar-refractivity contribution in [1.82, 2.24) is 0 Å². The van der Waals surface area contributed by atoms with Crippen LogP contribution in [0.5, 0.6) is 0 Å². The lowest BCUT2D eigenvalue weighted by molar-refractivity contribution is 0.943. The zero-order chi connectivity index (χ0) is 5.11. The standard InChI is InChI=1S/C5H6S2/c6-5-3-1-2-4-7-5/h1-2,4H2. The summed E-state index contributed by atoms with van der Waals surface area (Å²) in [6.07, 6.45) is 5.41. The molecule has 0 aromatic carbocycles. The Morgan fingerprint density at radius 2 is 2.57 bits per heavy atom. The summed E-state index contributed by atoms with van der Waals surface area (Å²) in [6.45, 7) is 0. The molecule has 0 amide bonds. The molecule has 1 rings (SSSR count). The molecular formula is C5H6S2. The highest BCUT2D eigenvalue weighted by Crippen LogP contribution is 2.18. The first-order valence-corrected chi connectivity index (χ1v) is 3.69. The van der Waals surface area contributed by atoms with Gasteiger partial charge in [0, 0.05) is 6.42 Å². The van der Waals surface area contributed by atoms with E-state index in [1.54, 1.807) is 11.8 Å². The highest BCUT2D eigenvalue weighted by atomic mass is 32.2. The first kappa shape index (κ1) is 5.57. The monoisotopic (exact) mass is 130 g/mol. The van der Waals surface area contributed by atoms with Crippen LogP contribution in [0.1, 0.15) is 12.8 Å². The van der Waals surface area contributed by atoms with Gasteiger partial charge >= 0.3 is 0 Å². The largest absolute Gasteiger partial charge is 0.118 e. The molecule has 0 unspecified atom stereocenters. The van der Waals surface area contributed by atoms with Crippen molar-refractivity contribution in [3.63, 3.8) is 0 Å². The number of thioether (sulfide) groups is 1. The number of hydrogen-bond acceptors (Lipinski definition) is 2. The van der Waals surface area contributed by atoms with Gasteiger partial charge < -0.3 is 0 Å². The van der Waals surface area contributed by atoms with E-state index in [-0.39, 0.29) is 0 Å². The third-order valence-corrected chi connectivity index (χ3v) is 2.22. The molecule has 0 aromatic heterocycles. The van der Waals surface area contributed by atoms with Gasteiger partial charge in [-0.05, 0) is 18.6 Å². The molecular weight excluding hydrogens is 124 g/mol. The smallest absolute Gasteiger partial charge is 0.0560 e. The quantitative estimate of drug-likeness (QED) is 0.459. The van der Waals surface area contributed by atoms with Gasteiger partial charge in [-0.3, -0.25) is 0 Å². The normalized spacial score (nSPS) is 22.6. The fourth-order valence-corrected chi connectivity index (χ4v) is 1.51. The van der Waals surface area contributed by atoms with Gasteiger partial charge in [-0.15, -0.1) is 11.8 Å². The molecule has 0 N–H and O–H groups in total.